The van der Waals surface area contributed by atoms with E-state index < -0.39 is 23.6 Å². The molecule has 194 valence electrons. The molecular formula is C23H23F2N7O5. The number of hydrogen-bond acceptors (Lipinski definition) is 10. The molecule has 12 nitrogen and oxygen atoms in total. The van der Waals surface area contributed by atoms with Gasteiger partial charge in [-0.1, -0.05) is 0 Å². The topological polar surface area (TPSA) is 144 Å². The minimum Gasteiger partial charge on any atom is -0.478 e. The summed E-state index contributed by atoms with van der Waals surface area (Å²) in [6.45, 7) is 0.533. The van der Waals surface area contributed by atoms with Crippen LogP contribution in [0, 0.1) is 11.6 Å². The second-order valence-corrected chi connectivity index (χ2v) is 9.16. The van der Waals surface area contributed by atoms with Crippen LogP contribution in [-0.2, 0) is 16.1 Å². The van der Waals surface area contributed by atoms with Crippen molar-refractivity contribution in [1.82, 2.24) is 24.8 Å². The largest absolute Gasteiger partial charge is 0.478 e. The smallest absolute Gasteiger partial charge is 0.269 e. The molecule has 0 radical (unpaired) electrons. The number of hydrogen-bond donors (Lipinski definition) is 3. The number of ether oxygens (including phenoxy) is 2. The summed E-state index contributed by atoms with van der Waals surface area (Å²) in [5, 5.41) is 16.6. The maximum Gasteiger partial charge on any atom is 0.269 e. The monoisotopic (exact) mass is 515 g/mol. The van der Waals surface area contributed by atoms with Crippen LogP contribution >= 0.6 is 0 Å². The molecule has 3 aromatic rings. The Labute approximate surface area is 208 Å². The van der Waals surface area contributed by atoms with E-state index in [1.165, 1.54) is 10.8 Å². The van der Waals surface area contributed by atoms with Gasteiger partial charge in [-0.3, -0.25) is 14.5 Å². The van der Waals surface area contributed by atoms with Gasteiger partial charge in [0.05, 0.1) is 35.6 Å². The zero-order chi connectivity index (χ0) is 25.7. The molecule has 2 aliphatic heterocycles. The fourth-order valence-corrected chi connectivity index (χ4v) is 5.16. The van der Waals surface area contributed by atoms with Crippen molar-refractivity contribution in [3.8, 4) is 5.75 Å². The summed E-state index contributed by atoms with van der Waals surface area (Å²) >= 11 is 0. The highest BCUT2D eigenvalue weighted by atomic mass is 19.2. The van der Waals surface area contributed by atoms with Crippen LogP contribution in [0.1, 0.15) is 19.3 Å². The number of aromatic nitrogens is 4. The lowest BCUT2D eigenvalue weighted by Crippen LogP contribution is -2.47. The van der Waals surface area contributed by atoms with Gasteiger partial charge in [-0.25, -0.2) is 18.7 Å². The predicted molar refractivity (Wildman–Crippen MR) is 125 cm³/mol. The van der Waals surface area contributed by atoms with Crippen molar-refractivity contribution in [3.63, 3.8) is 0 Å². The Morgan fingerprint density at radius 2 is 2.00 bits per heavy atom. The summed E-state index contributed by atoms with van der Waals surface area (Å²) < 4.78 is 39.8. The van der Waals surface area contributed by atoms with Crippen molar-refractivity contribution in [2.75, 3.05) is 23.4 Å². The third-order valence-corrected chi connectivity index (χ3v) is 6.90. The highest BCUT2D eigenvalue weighted by molar-refractivity contribution is 5.94. The molecule has 1 amide bonds. The first-order valence-electron chi connectivity index (χ1n) is 11.9. The van der Waals surface area contributed by atoms with E-state index in [1.807, 2.05) is 0 Å². The number of aliphatic hydroxyl groups excluding tert-OH is 1. The van der Waals surface area contributed by atoms with E-state index in [1.54, 1.807) is 4.90 Å². The molecular weight excluding hydrogens is 492 g/mol. The third-order valence-electron chi connectivity index (χ3n) is 6.90. The van der Waals surface area contributed by atoms with E-state index >= 15 is 0 Å². The van der Waals surface area contributed by atoms with Gasteiger partial charge >= 0.3 is 0 Å². The minimum absolute atomic E-state index is 0.0449. The van der Waals surface area contributed by atoms with Crippen molar-refractivity contribution in [1.29, 1.82) is 0 Å². The standard InChI is InChI=1S/C23H23F2N7O5/c24-12-6-14-16(7-13(12)25)31(20(34)9-27-14)4-3-26-11-1-2-15-17(5-11)37-23(35)32(15)22-28-8-18-21(30-22)29-19(33)10-36-18/h6-9,11,15,17,23,26,35H,1-5,10H2,(H,28,29,30,33)/t11-,15-,17-,23?/m1/s1. The highest BCUT2D eigenvalue weighted by Gasteiger charge is 2.46. The van der Waals surface area contributed by atoms with Gasteiger partial charge in [-0.2, -0.15) is 4.98 Å². The van der Waals surface area contributed by atoms with Crippen LogP contribution < -0.4 is 25.8 Å². The van der Waals surface area contributed by atoms with Crippen molar-refractivity contribution >= 4 is 28.7 Å². The Morgan fingerprint density at radius 1 is 1.16 bits per heavy atom. The second-order valence-electron chi connectivity index (χ2n) is 9.16. The van der Waals surface area contributed by atoms with Crippen LogP contribution in [0.15, 0.2) is 29.3 Å². The summed E-state index contributed by atoms with van der Waals surface area (Å²) in [7, 11) is 0. The highest BCUT2D eigenvalue weighted by Crippen LogP contribution is 2.37. The molecule has 2 aromatic heterocycles. The predicted octanol–water partition coefficient (Wildman–Crippen LogP) is 0.488. The van der Waals surface area contributed by atoms with Gasteiger partial charge in [0.25, 0.3) is 11.5 Å². The van der Waals surface area contributed by atoms with Gasteiger partial charge in [-0.15, -0.1) is 0 Å². The van der Waals surface area contributed by atoms with E-state index in [2.05, 4.69) is 25.6 Å². The summed E-state index contributed by atoms with van der Waals surface area (Å²) in [5.41, 5.74) is 0.0120. The Hall–Kier alpha value is -3.75. The molecule has 1 saturated heterocycles. The van der Waals surface area contributed by atoms with E-state index in [0.717, 1.165) is 24.8 Å². The molecule has 1 aliphatic carbocycles. The number of aliphatic hydroxyl groups is 1. The molecule has 0 spiro atoms. The number of halogens is 2. The van der Waals surface area contributed by atoms with Gasteiger partial charge in [0.1, 0.15) is 0 Å². The first-order valence-corrected chi connectivity index (χ1v) is 11.9. The second kappa shape index (κ2) is 9.28. The van der Waals surface area contributed by atoms with Gasteiger partial charge in [0, 0.05) is 31.3 Å². The molecule has 37 heavy (non-hydrogen) atoms. The van der Waals surface area contributed by atoms with E-state index in [4.69, 9.17) is 9.47 Å². The molecule has 1 unspecified atom stereocenters. The Balaban J connectivity index is 1.11. The SMILES string of the molecule is O=C1COc2cnc(N3C(O)O[C@@H]4C[C@H](NCCn5c(=O)cnc6cc(F)c(F)cc65)CC[C@H]43)nc2N1. The Morgan fingerprint density at radius 3 is 2.86 bits per heavy atom. The van der Waals surface area contributed by atoms with Crippen molar-refractivity contribution < 1.29 is 28.2 Å². The molecule has 3 aliphatic rings. The first-order chi connectivity index (χ1) is 17.9. The lowest BCUT2D eigenvalue weighted by Gasteiger charge is -2.34. The minimum atomic E-state index is -1.25. The Bertz CT molecular complexity index is 1440. The molecule has 1 aromatic carbocycles. The molecule has 0 bridgehead atoms. The fourth-order valence-electron chi connectivity index (χ4n) is 5.16. The van der Waals surface area contributed by atoms with Crippen molar-refractivity contribution in [2.24, 2.45) is 0 Å². The third kappa shape index (κ3) is 4.36. The van der Waals surface area contributed by atoms with Crippen LogP contribution in [0.5, 0.6) is 5.75 Å². The number of fused-ring (bicyclic) bond motifs is 3. The number of nitrogens with zero attached hydrogens (tertiary/aromatic N) is 5. The number of amides is 1. The first kappa shape index (κ1) is 23.6. The number of nitrogens with one attached hydrogen (secondary N) is 2. The average molecular weight is 515 g/mol. The van der Waals surface area contributed by atoms with Gasteiger partial charge in [-0.05, 0) is 19.3 Å². The molecule has 1 saturated carbocycles. The fraction of sp³-hybridized carbons (Fsp3) is 0.435. The number of benzene rings is 1. The van der Waals surface area contributed by atoms with E-state index in [9.17, 15) is 23.5 Å². The van der Waals surface area contributed by atoms with Crippen LogP contribution in [0.4, 0.5) is 20.5 Å². The van der Waals surface area contributed by atoms with Gasteiger partial charge in [0.15, 0.2) is 29.8 Å². The molecule has 4 heterocycles. The van der Waals surface area contributed by atoms with Crippen molar-refractivity contribution in [2.45, 2.75) is 50.4 Å². The molecule has 2 fully saturated rings. The molecule has 14 heteroatoms. The summed E-state index contributed by atoms with van der Waals surface area (Å²) in [5.74, 6) is -1.56. The number of carbonyl (C=O) groups is 1. The summed E-state index contributed by atoms with van der Waals surface area (Å²) in [4.78, 5) is 38.1. The lowest BCUT2D eigenvalue weighted by atomic mass is 9.88. The summed E-state index contributed by atoms with van der Waals surface area (Å²) in [6.07, 6.45) is 3.02. The lowest BCUT2D eigenvalue weighted by molar-refractivity contribution is -0.118. The average Bonchev–Trinajstić information content (AvgIpc) is 3.21. The van der Waals surface area contributed by atoms with Crippen LogP contribution in [-0.4, -0.2) is 68.3 Å². The van der Waals surface area contributed by atoms with E-state index in [0.29, 0.717) is 25.1 Å². The maximum atomic E-state index is 13.8. The van der Waals surface area contributed by atoms with E-state index in [-0.39, 0.29) is 60.0 Å². The molecule has 3 N–H and O–H groups in total. The number of rotatable bonds is 5. The molecule has 4 atom stereocenters. The quantitative estimate of drug-likeness (QED) is 0.439. The van der Waals surface area contributed by atoms with Crippen LogP contribution in [0.3, 0.4) is 0 Å². The van der Waals surface area contributed by atoms with Gasteiger partial charge in [0.2, 0.25) is 12.4 Å². The normalized spacial score (nSPS) is 24.9. The number of anilines is 2. The number of carbonyl (C=O) groups excluding carboxylic acids is 1. The molecule has 6 rings (SSSR count). The van der Waals surface area contributed by atoms with Gasteiger partial charge < -0.3 is 29.8 Å². The summed E-state index contributed by atoms with van der Waals surface area (Å²) in [6, 6.07) is 1.82. The maximum absolute atomic E-state index is 13.8. The zero-order valence-corrected chi connectivity index (χ0v) is 19.4. The van der Waals surface area contributed by atoms with Crippen LogP contribution in [0.25, 0.3) is 11.0 Å². The van der Waals surface area contributed by atoms with Crippen molar-refractivity contribution in [3.05, 3.63) is 46.5 Å². The Kier molecular flexibility index (Phi) is 5.93. The van der Waals surface area contributed by atoms with Crippen LogP contribution in [0.2, 0.25) is 0 Å². The zero-order valence-electron chi connectivity index (χ0n) is 19.4.